The van der Waals surface area contributed by atoms with E-state index in [-0.39, 0.29) is 5.41 Å². The molecule has 0 N–H and O–H groups in total. The number of para-hydroxylation sites is 3. The predicted octanol–water partition coefficient (Wildman–Crippen LogP) is 11.8. The molecule has 0 saturated carbocycles. The summed E-state index contributed by atoms with van der Waals surface area (Å²) in [7, 11) is 0. The van der Waals surface area contributed by atoms with E-state index in [1.807, 2.05) is 12.1 Å². The first-order valence-corrected chi connectivity index (χ1v) is 16.8. The van der Waals surface area contributed by atoms with Crippen molar-refractivity contribution in [2.75, 3.05) is 0 Å². The molecule has 0 amide bonds. The monoisotopic (exact) mass is 627 g/mol. The molecule has 0 aliphatic heterocycles. The molecule has 0 unspecified atom stereocenters. The van der Waals surface area contributed by atoms with Crippen LogP contribution in [-0.4, -0.2) is 14.5 Å². The van der Waals surface area contributed by atoms with Crippen LogP contribution in [0.2, 0.25) is 0 Å². The molecule has 3 aromatic heterocycles. The first-order valence-electron chi connectivity index (χ1n) is 16.8. The molecule has 0 spiro atoms. The van der Waals surface area contributed by atoms with Gasteiger partial charge in [0.25, 0.3) is 0 Å². The lowest BCUT2D eigenvalue weighted by Gasteiger charge is -2.23. The smallest absolute Gasteiger partial charge is 0.235 e. The Labute approximate surface area is 281 Å². The van der Waals surface area contributed by atoms with Crippen LogP contribution in [0.4, 0.5) is 0 Å². The van der Waals surface area contributed by atoms with E-state index in [0.29, 0.717) is 5.95 Å². The van der Waals surface area contributed by atoms with E-state index in [0.717, 1.165) is 55.1 Å². The summed E-state index contributed by atoms with van der Waals surface area (Å²) in [6.45, 7) is 4.73. The van der Waals surface area contributed by atoms with Gasteiger partial charge in [0.2, 0.25) is 5.95 Å². The molecule has 3 heterocycles. The Morgan fingerprint density at radius 1 is 0.571 bits per heavy atom. The Hall–Kier alpha value is -6.26. The minimum atomic E-state index is -0.181. The SMILES string of the molecule is CC1(C)c2ccccc2-c2c1c1ccccc1c1c3ccccc3n(-c3nc(-c4ccc5oc6ccccc6c5c4)c4ccccc4n3)c21. The highest BCUT2D eigenvalue weighted by molar-refractivity contribution is 6.27. The van der Waals surface area contributed by atoms with E-state index in [9.17, 15) is 0 Å². The van der Waals surface area contributed by atoms with Crippen LogP contribution in [0.5, 0.6) is 0 Å². The minimum Gasteiger partial charge on any atom is -0.456 e. The third-order valence-corrected chi connectivity index (χ3v) is 10.8. The van der Waals surface area contributed by atoms with Crippen molar-refractivity contribution >= 4 is 65.4 Å². The molecular weight excluding hydrogens is 599 g/mol. The lowest BCUT2D eigenvalue weighted by atomic mass is 9.79. The van der Waals surface area contributed by atoms with Gasteiger partial charge < -0.3 is 4.42 Å². The van der Waals surface area contributed by atoms with Gasteiger partial charge in [0.1, 0.15) is 11.2 Å². The van der Waals surface area contributed by atoms with Gasteiger partial charge in [0, 0.05) is 43.5 Å². The second-order valence-electron chi connectivity index (χ2n) is 13.7. The normalized spacial score (nSPS) is 13.7. The first-order chi connectivity index (χ1) is 24.1. The van der Waals surface area contributed by atoms with Crippen molar-refractivity contribution in [2.24, 2.45) is 0 Å². The molecule has 4 nitrogen and oxygen atoms in total. The highest BCUT2D eigenvalue weighted by Gasteiger charge is 2.40. The highest BCUT2D eigenvalue weighted by atomic mass is 16.3. The average Bonchev–Trinajstić information content (AvgIpc) is 3.77. The summed E-state index contributed by atoms with van der Waals surface area (Å²) in [4.78, 5) is 10.8. The van der Waals surface area contributed by atoms with Crippen LogP contribution in [0.3, 0.4) is 0 Å². The van der Waals surface area contributed by atoms with Crippen molar-refractivity contribution in [2.45, 2.75) is 19.3 Å². The molecule has 11 rings (SSSR count). The molecule has 7 aromatic carbocycles. The van der Waals surface area contributed by atoms with E-state index >= 15 is 0 Å². The number of furan rings is 1. The molecule has 1 aliphatic carbocycles. The van der Waals surface area contributed by atoms with Gasteiger partial charge >= 0.3 is 0 Å². The number of hydrogen-bond acceptors (Lipinski definition) is 3. The first kappa shape index (κ1) is 26.8. The zero-order valence-electron chi connectivity index (χ0n) is 27.0. The molecule has 10 aromatic rings. The maximum atomic E-state index is 6.20. The topological polar surface area (TPSA) is 43.9 Å². The number of aromatic nitrogens is 3. The maximum Gasteiger partial charge on any atom is 0.235 e. The van der Waals surface area contributed by atoms with Crippen molar-refractivity contribution in [3.8, 4) is 28.3 Å². The summed E-state index contributed by atoms with van der Waals surface area (Å²) in [5.74, 6) is 0.664. The van der Waals surface area contributed by atoms with Gasteiger partial charge in [-0.1, -0.05) is 117 Å². The summed E-state index contributed by atoms with van der Waals surface area (Å²) in [6, 6.07) is 49.5. The van der Waals surface area contributed by atoms with Gasteiger partial charge in [-0.05, 0) is 63.9 Å². The molecular formula is C45H29N3O. The van der Waals surface area contributed by atoms with Crippen LogP contribution in [-0.2, 0) is 5.41 Å². The molecule has 0 saturated heterocycles. The third kappa shape index (κ3) is 3.47. The fourth-order valence-electron chi connectivity index (χ4n) is 8.68. The van der Waals surface area contributed by atoms with Crippen LogP contribution >= 0.6 is 0 Å². The van der Waals surface area contributed by atoms with Gasteiger partial charge in [0.15, 0.2) is 0 Å². The lowest BCUT2D eigenvalue weighted by molar-refractivity contribution is 0.666. The number of fused-ring (bicyclic) bond motifs is 14. The Balaban J connectivity index is 1.31. The van der Waals surface area contributed by atoms with Gasteiger partial charge in [-0.2, -0.15) is 0 Å². The number of hydrogen-bond donors (Lipinski definition) is 0. The molecule has 0 radical (unpaired) electrons. The Kier molecular flexibility index (Phi) is 5.15. The summed E-state index contributed by atoms with van der Waals surface area (Å²) >= 11 is 0. The predicted molar refractivity (Wildman–Crippen MR) is 202 cm³/mol. The van der Waals surface area contributed by atoms with Crippen LogP contribution in [0.25, 0.3) is 93.8 Å². The second-order valence-corrected chi connectivity index (χ2v) is 13.7. The van der Waals surface area contributed by atoms with Gasteiger partial charge in [-0.3, -0.25) is 4.57 Å². The van der Waals surface area contributed by atoms with Crippen molar-refractivity contribution in [1.29, 1.82) is 0 Å². The van der Waals surface area contributed by atoms with Crippen LogP contribution < -0.4 is 0 Å². The zero-order chi connectivity index (χ0) is 32.4. The molecule has 230 valence electrons. The molecule has 1 aliphatic rings. The molecule has 0 bridgehead atoms. The molecule has 4 heteroatoms. The quantitative estimate of drug-likeness (QED) is 0.192. The fraction of sp³-hybridized carbons (Fsp3) is 0.0667. The second kappa shape index (κ2) is 9.42. The van der Waals surface area contributed by atoms with Crippen molar-refractivity contribution < 1.29 is 4.42 Å². The summed E-state index contributed by atoms with van der Waals surface area (Å²) in [6.07, 6.45) is 0. The number of benzene rings is 7. The summed E-state index contributed by atoms with van der Waals surface area (Å²) in [5.41, 5.74) is 11.9. The van der Waals surface area contributed by atoms with E-state index < -0.39 is 0 Å². The van der Waals surface area contributed by atoms with Gasteiger partial charge in [-0.15, -0.1) is 0 Å². The summed E-state index contributed by atoms with van der Waals surface area (Å²) in [5, 5.41) is 8.19. The van der Waals surface area contributed by atoms with E-state index in [1.165, 1.54) is 43.8 Å². The maximum absolute atomic E-state index is 6.20. The highest BCUT2D eigenvalue weighted by Crippen LogP contribution is 2.56. The van der Waals surface area contributed by atoms with E-state index in [1.54, 1.807) is 0 Å². The van der Waals surface area contributed by atoms with Crippen LogP contribution in [0.1, 0.15) is 25.0 Å². The largest absolute Gasteiger partial charge is 0.456 e. The Morgan fingerprint density at radius 3 is 2.12 bits per heavy atom. The van der Waals surface area contributed by atoms with Crippen LogP contribution in [0, 0.1) is 0 Å². The number of nitrogens with zero attached hydrogens (tertiary/aromatic N) is 3. The van der Waals surface area contributed by atoms with E-state index in [2.05, 4.69) is 146 Å². The lowest BCUT2D eigenvalue weighted by Crippen LogP contribution is -2.15. The van der Waals surface area contributed by atoms with Gasteiger partial charge in [-0.25, -0.2) is 9.97 Å². The standard InChI is InChI=1S/C45H29N3O/c1-45(2)34-19-9-5-16-30(34)40-41(45)29-15-4-3-14-28(29)39-32-18-7-11-21-36(32)48(43(39)40)44-46-35-20-10-6-17-31(35)42(47-44)26-23-24-38-33(25-26)27-13-8-12-22-37(27)49-38/h3-25H,1-2H3. The Morgan fingerprint density at radius 2 is 1.24 bits per heavy atom. The minimum absolute atomic E-state index is 0.181. The van der Waals surface area contributed by atoms with Crippen molar-refractivity contribution in [1.82, 2.24) is 14.5 Å². The third-order valence-electron chi connectivity index (χ3n) is 10.8. The van der Waals surface area contributed by atoms with Crippen molar-refractivity contribution in [3.05, 3.63) is 151 Å². The van der Waals surface area contributed by atoms with Crippen molar-refractivity contribution in [3.63, 3.8) is 0 Å². The number of rotatable bonds is 2. The fourth-order valence-corrected chi connectivity index (χ4v) is 8.68. The van der Waals surface area contributed by atoms with Crippen LogP contribution in [0.15, 0.2) is 144 Å². The molecule has 0 fully saturated rings. The summed E-state index contributed by atoms with van der Waals surface area (Å²) < 4.78 is 8.53. The average molecular weight is 628 g/mol. The van der Waals surface area contributed by atoms with Gasteiger partial charge in [0.05, 0.1) is 22.2 Å². The van der Waals surface area contributed by atoms with E-state index in [4.69, 9.17) is 14.4 Å². The molecule has 0 atom stereocenters. The zero-order valence-corrected chi connectivity index (χ0v) is 27.0. The Bertz CT molecular complexity index is 3030. The molecule has 49 heavy (non-hydrogen) atoms.